The highest BCUT2D eigenvalue weighted by Crippen LogP contribution is 1.98. The van der Waals surface area contributed by atoms with Crippen molar-refractivity contribution in [1.29, 1.82) is 0 Å². The molecule has 0 aliphatic heterocycles. The summed E-state index contributed by atoms with van der Waals surface area (Å²) < 4.78 is 0. The first-order chi connectivity index (χ1) is 6.24. The van der Waals surface area contributed by atoms with E-state index in [1.807, 2.05) is 18.2 Å². The summed E-state index contributed by atoms with van der Waals surface area (Å²) in [5.41, 5.74) is 0.875. The van der Waals surface area contributed by atoms with Gasteiger partial charge in [-0.3, -0.25) is 9.78 Å². The van der Waals surface area contributed by atoms with Crippen LogP contribution in [0.2, 0.25) is 0 Å². The molecule has 0 atom stereocenters. The third kappa shape index (κ3) is 2.71. The normalized spacial score (nSPS) is 9.31. The second-order valence-corrected chi connectivity index (χ2v) is 2.72. The van der Waals surface area contributed by atoms with E-state index in [1.54, 1.807) is 18.1 Å². The maximum Gasteiger partial charge on any atom is 0.246 e. The van der Waals surface area contributed by atoms with Crippen molar-refractivity contribution in [2.45, 2.75) is 6.54 Å². The molecular weight excluding hydrogens is 164 g/mol. The molecule has 3 nitrogen and oxygen atoms in total. The Labute approximate surface area is 77.7 Å². The number of amides is 1. The Balaban J connectivity index is 2.60. The van der Waals surface area contributed by atoms with Crippen molar-refractivity contribution in [2.24, 2.45) is 0 Å². The van der Waals surface area contributed by atoms with Gasteiger partial charge in [-0.15, -0.1) is 0 Å². The maximum atomic E-state index is 11.1. The third-order valence-corrected chi connectivity index (χ3v) is 1.68. The van der Waals surface area contributed by atoms with Gasteiger partial charge in [-0.25, -0.2) is 0 Å². The summed E-state index contributed by atoms with van der Waals surface area (Å²) >= 11 is 0. The molecule has 13 heavy (non-hydrogen) atoms. The third-order valence-electron chi connectivity index (χ3n) is 1.68. The van der Waals surface area contributed by atoms with Crippen LogP contribution in [0.25, 0.3) is 0 Å². The van der Waals surface area contributed by atoms with Gasteiger partial charge < -0.3 is 4.90 Å². The molecule has 0 N–H and O–H groups in total. The van der Waals surface area contributed by atoms with Crippen molar-refractivity contribution in [3.63, 3.8) is 0 Å². The van der Waals surface area contributed by atoms with E-state index < -0.39 is 0 Å². The van der Waals surface area contributed by atoms with Gasteiger partial charge in [0.15, 0.2) is 0 Å². The lowest BCUT2D eigenvalue weighted by molar-refractivity contribution is -0.125. The zero-order valence-electron chi connectivity index (χ0n) is 7.60. The predicted octanol–water partition coefficient (Wildman–Crippen LogP) is 1.23. The summed E-state index contributed by atoms with van der Waals surface area (Å²) in [7, 11) is 1.72. The molecule has 3 heteroatoms. The van der Waals surface area contributed by atoms with Crippen molar-refractivity contribution >= 4 is 5.91 Å². The zero-order valence-corrected chi connectivity index (χ0v) is 7.60. The van der Waals surface area contributed by atoms with E-state index in [4.69, 9.17) is 0 Å². The van der Waals surface area contributed by atoms with E-state index in [-0.39, 0.29) is 5.91 Å². The number of carbonyl (C=O) groups is 1. The average Bonchev–Trinajstić information content (AvgIpc) is 2.18. The maximum absolute atomic E-state index is 11.1. The fourth-order valence-corrected chi connectivity index (χ4v) is 0.968. The van der Waals surface area contributed by atoms with Crippen LogP contribution >= 0.6 is 0 Å². The first-order valence-corrected chi connectivity index (χ1v) is 4.01. The molecule has 0 aromatic carbocycles. The topological polar surface area (TPSA) is 33.2 Å². The second kappa shape index (κ2) is 4.40. The minimum absolute atomic E-state index is 0.0920. The number of carbonyl (C=O) groups excluding carboxylic acids is 1. The Morgan fingerprint density at radius 3 is 3.00 bits per heavy atom. The van der Waals surface area contributed by atoms with Gasteiger partial charge in [0.1, 0.15) is 0 Å². The van der Waals surface area contributed by atoms with Crippen LogP contribution in [0, 0.1) is 0 Å². The fourth-order valence-electron chi connectivity index (χ4n) is 0.968. The van der Waals surface area contributed by atoms with Crippen LogP contribution in [0.1, 0.15) is 5.69 Å². The van der Waals surface area contributed by atoms with Gasteiger partial charge in [-0.1, -0.05) is 12.6 Å². The molecule has 1 amide bonds. The smallest absolute Gasteiger partial charge is 0.246 e. The van der Waals surface area contributed by atoms with Gasteiger partial charge in [0.25, 0.3) is 0 Å². The van der Waals surface area contributed by atoms with Gasteiger partial charge in [0.05, 0.1) is 12.2 Å². The Morgan fingerprint density at radius 2 is 2.46 bits per heavy atom. The molecule has 0 spiro atoms. The standard InChI is InChI=1S/C10H12N2O/c1-3-10(13)12(2)8-9-6-4-5-7-11-9/h3-7H,1,8H2,2H3. The SMILES string of the molecule is C=CC(=O)N(C)Cc1ccccn1. The Hall–Kier alpha value is -1.64. The van der Waals surface area contributed by atoms with Crippen LogP contribution in [0.5, 0.6) is 0 Å². The largest absolute Gasteiger partial charge is 0.336 e. The van der Waals surface area contributed by atoms with Crippen molar-refractivity contribution in [3.8, 4) is 0 Å². The van der Waals surface area contributed by atoms with Crippen LogP contribution in [-0.4, -0.2) is 22.8 Å². The second-order valence-electron chi connectivity index (χ2n) is 2.72. The lowest BCUT2D eigenvalue weighted by Gasteiger charge is -2.13. The summed E-state index contributed by atoms with van der Waals surface area (Å²) in [5.74, 6) is -0.0920. The molecule has 1 aromatic heterocycles. The number of nitrogens with zero attached hydrogens (tertiary/aromatic N) is 2. The molecule has 0 bridgehead atoms. The number of likely N-dealkylation sites (N-methyl/N-ethyl adjacent to an activating group) is 1. The highest BCUT2D eigenvalue weighted by molar-refractivity contribution is 5.86. The molecule has 0 aliphatic carbocycles. The molecule has 1 rings (SSSR count). The minimum atomic E-state index is -0.0920. The van der Waals surface area contributed by atoms with Crippen LogP contribution < -0.4 is 0 Å². The molecule has 0 fully saturated rings. The van der Waals surface area contributed by atoms with Crippen molar-refractivity contribution < 1.29 is 4.79 Å². The average molecular weight is 176 g/mol. The zero-order chi connectivity index (χ0) is 9.68. The molecular formula is C10H12N2O. The van der Waals surface area contributed by atoms with Crippen LogP contribution in [0.3, 0.4) is 0 Å². The molecule has 1 aromatic rings. The molecule has 0 saturated heterocycles. The Kier molecular flexibility index (Phi) is 3.20. The lowest BCUT2D eigenvalue weighted by atomic mass is 10.3. The summed E-state index contributed by atoms with van der Waals surface area (Å²) in [6.07, 6.45) is 3.00. The number of aromatic nitrogens is 1. The van der Waals surface area contributed by atoms with Crippen molar-refractivity contribution in [3.05, 3.63) is 42.7 Å². The summed E-state index contributed by atoms with van der Waals surface area (Å²) in [5, 5.41) is 0. The molecule has 0 saturated carbocycles. The number of hydrogen-bond acceptors (Lipinski definition) is 2. The van der Waals surface area contributed by atoms with Crippen molar-refractivity contribution in [1.82, 2.24) is 9.88 Å². The highest BCUT2D eigenvalue weighted by atomic mass is 16.2. The summed E-state index contributed by atoms with van der Waals surface area (Å²) in [4.78, 5) is 16.8. The fraction of sp³-hybridized carbons (Fsp3) is 0.200. The summed E-state index contributed by atoms with van der Waals surface area (Å²) in [6, 6.07) is 5.63. The quantitative estimate of drug-likeness (QED) is 0.649. The van der Waals surface area contributed by atoms with E-state index in [9.17, 15) is 4.79 Å². The van der Waals surface area contributed by atoms with Gasteiger partial charge in [-0.05, 0) is 18.2 Å². The minimum Gasteiger partial charge on any atom is -0.336 e. The highest BCUT2D eigenvalue weighted by Gasteiger charge is 2.04. The molecule has 0 radical (unpaired) electrons. The van der Waals surface area contributed by atoms with Crippen LogP contribution in [0.4, 0.5) is 0 Å². The van der Waals surface area contributed by atoms with Gasteiger partial charge >= 0.3 is 0 Å². The van der Waals surface area contributed by atoms with Gasteiger partial charge in [0.2, 0.25) is 5.91 Å². The molecule has 68 valence electrons. The monoisotopic (exact) mass is 176 g/mol. The van der Waals surface area contributed by atoms with E-state index in [0.717, 1.165) is 5.69 Å². The Bertz CT molecular complexity index is 295. The van der Waals surface area contributed by atoms with E-state index >= 15 is 0 Å². The first kappa shape index (κ1) is 9.45. The first-order valence-electron chi connectivity index (χ1n) is 4.01. The van der Waals surface area contributed by atoms with Crippen LogP contribution in [0.15, 0.2) is 37.1 Å². The molecule has 1 heterocycles. The van der Waals surface area contributed by atoms with E-state index in [2.05, 4.69) is 11.6 Å². The van der Waals surface area contributed by atoms with E-state index in [1.165, 1.54) is 6.08 Å². The Morgan fingerprint density at radius 1 is 1.69 bits per heavy atom. The number of hydrogen-bond donors (Lipinski definition) is 0. The van der Waals surface area contributed by atoms with Gasteiger partial charge in [-0.2, -0.15) is 0 Å². The predicted molar refractivity (Wildman–Crippen MR) is 50.9 cm³/mol. The number of rotatable bonds is 3. The lowest BCUT2D eigenvalue weighted by Crippen LogP contribution is -2.24. The number of pyridine rings is 1. The van der Waals surface area contributed by atoms with Gasteiger partial charge in [0, 0.05) is 13.2 Å². The van der Waals surface area contributed by atoms with E-state index in [0.29, 0.717) is 6.54 Å². The molecule has 0 aliphatic rings. The van der Waals surface area contributed by atoms with Crippen molar-refractivity contribution in [2.75, 3.05) is 7.05 Å². The van der Waals surface area contributed by atoms with Crippen LogP contribution in [-0.2, 0) is 11.3 Å². The molecule has 0 unspecified atom stereocenters. The summed E-state index contributed by atoms with van der Waals surface area (Å²) in [6.45, 7) is 3.93.